The van der Waals surface area contributed by atoms with Crippen LogP contribution < -0.4 is 15.4 Å². The van der Waals surface area contributed by atoms with Gasteiger partial charge in [-0.1, -0.05) is 18.2 Å². The normalized spacial score (nSPS) is 13.2. The fraction of sp³-hybridized carbons (Fsp3) is 0.385. The van der Waals surface area contributed by atoms with E-state index >= 15 is 0 Å². The number of aliphatic carboxylic acids is 1. The van der Waals surface area contributed by atoms with Crippen LogP contribution in [0.3, 0.4) is 0 Å². The highest BCUT2D eigenvalue weighted by Crippen LogP contribution is 2.16. The van der Waals surface area contributed by atoms with Crippen LogP contribution in [-0.4, -0.2) is 41.5 Å². The van der Waals surface area contributed by atoms with Gasteiger partial charge in [0.2, 0.25) is 0 Å². The van der Waals surface area contributed by atoms with Gasteiger partial charge in [-0.3, -0.25) is 0 Å². The molecule has 0 aliphatic rings. The number of benzene rings is 1. The van der Waals surface area contributed by atoms with Gasteiger partial charge in [0.05, 0.1) is 13.2 Å². The molecule has 0 spiro atoms. The van der Waals surface area contributed by atoms with E-state index in [1.165, 1.54) is 14.0 Å². The number of ether oxygens (including phenoxy) is 1. The van der Waals surface area contributed by atoms with Crippen molar-refractivity contribution in [3.05, 3.63) is 29.8 Å². The van der Waals surface area contributed by atoms with Crippen molar-refractivity contribution >= 4 is 12.0 Å². The Morgan fingerprint density at radius 2 is 2.00 bits per heavy atom. The molecule has 4 N–H and O–H groups in total. The topological polar surface area (TPSA) is 108 Å². The number of carboxylic acid groups (broad SMARTS) is 1. The first-order chi connectivity index (χ1) is 9.45. The minimum Gasteiger partial charge on any atom is -0.496 e. The second-order valence-corrected chi connectivity index (χ2v) is 4.20. The van der Waals surface area contributed by atoms with Crippen molar-refractivity contribution in [3.8, 4) is 5.75 Å². The Morgan fingerprint density at radius 1 is 1.35 bits per heavy atom. The molecule has 2 atom stereocenters. The van der Waals surface area contributed by atoms with Gasteiger partial charge in [-0.2, -0.15) is 0 Å². The van der Waals surface area contributed by atoms with Crippen LogP contribution in [0.1, 0.15) is 12.5 Å². The van der Waals surface area contributed by atoms with Crippen LogP contribution >= 0.6 is 0 Å². The van der Waals surface area contributed by atoms with Crippen molar-refractivity contribution in [1.29, 1.82) is 0 Å². The Kier molecular flexibility index (Phi) is 5.79. The molecule has 0 radical (unpaired) electrons. The number of aliphatic hydroxyl groups excluding tert-OH is 1. The van der Waals surface area contributed by atoms with Gasteiger partial charge >= 0.3 is 12.0 Å². The second kappa shape index (κ2) is 7.34. The molecule has 20 heavy (non-hydrogen) atoms. The standard InChI is InChI=1S/C13H18N2O5/c1-8(16)11(12(17)18)15-13(19)14-7-9-5-3-4-6-10(9)20-2/h3-6,8,11,16H,7H2,1-2H3,(H,17,18)(H2,14,15,19)/t8-,11+/m1/s1. The van der Waals surface area contributed by atoms with Gasteiger partial charge in [-0.25, -0.2) is 9.59 Å². The van der Waals surface area contributed by atoms with Crippen molar-refractivity contribution in [2.75, 3.05) is 7.11 Å². The van der Waals surface area contributed by atoms with Crippen molar-refractivity contribution in [2.24, 2.45) is 0 Å². The van der Waals surface area contributed by atoms with Gasteiger partial charge in [0.15, 0.2) is 6.04 Å². The van der Waals surface area contributed by atoms with Crippen LogP contribution in [0.15, 0.2) is 24.3 Å². The summed E-state index contributed by atoms with van der Waals surface area (Å²) in [6.45, 7) is 1.47. The highest BCUT2D eigenvalue weighted by atomic mass is 16.5. The molecular weight excluding hydrogens is 264 g/mol. The van der Waals surface area contributed by atoms with Gasteiger partial charge in [0.25, 0.3) is 0 Å². The summed E-state index contributed by atoms with van der Waals surface area (Å²) in [7, 11) is 1.52. The van der Waals surface area contributed by atoms with Gasteiger partial charge in [-0.05, 0) is 13.0 Å². The highest BCUT2D eigenvalue weighted by molar-refractivity contribution is 5.82. The summed E-state index contributed by atoms with van der Waals surface area (Å²) < 4.78 is 5.13. The van der Waals surface area contributed by atoms with Crippen LogP contribution in [0, 0.1) is 0 Å². The number of carbonyl (C=O) groups is 2. The molecule has 1 aromatic rings. The third-order valence-corrected chi connectivity index (χ3v) is 2.67. The van der Waals surface area contributed by atoms with Gasteiger partial charge in [0, 0.05) is 12.1 Å². The lowest BCUT2D eigenvalue weighted by molar-refractivity contribution is -0.141. The van der Waals surface area contributed by atoms with Gasteiger partial charge in [-0.15, -0.1) is 0 Å². The zero-order chi connectivity index (χ0) is 15.1. The second-order valence-electron chi connectivity index (χ2n) is 4.20. The van der Waals surface area contributed by atoms with Crippen LogP contribution in [0.5, 0.6) is 5.75 Å². The average Bonchev–Trinajstić information content (AvgIpc) is 2.42. The zero-order valence-corrected chi connectivity index (χ0v) is 11.3. The lowest BCUT2D eigenvalue weighted by Gasteiger charge is -2.17. The summed E-state index contributed by atoms with van der Waals surface area (Å²) in [5, 5.41) is 22.8. The fourth-order valence-electron chi connectivity index (χ4n) is 1.61. The first kappa shape index (κ1) is 15.8. The third kappa shape index (κ3) is 4.43. The molecule has 1 aromatic carbocycles. The van der Waals surface area contributed by atoms with Crippen LogP contribution in [0.4, 0.5) is 4.79 Å². The number of carboxylic acids is 1. The lowest BCUT2D eigenvalue weighted by atomic mass is 10.2. The van der Waals surface area contributed by atoms with Gasteiger partial charge in [0.1, 0.15) is 5.75 Å². The molecule has 0 unspecified atom stereocenters. The lowest BCUT2D eigenvalue weighted by Crippen LogP contribution is -2.50. The molecule has 0 saturated heterocycles. The molecule has 110 valence electrons. The number of carbonyl (C=O) groups excluding carboxylic acids is 1. The van der Waals surface area contributed by atoms with Crippen molar-refractivity contribution in [3.63, 3.8) is 0 Å². The Bertz CT molecular complexity index is 476. The summed E-state index contributed by atoms with van der Waals surface area (Å²) in [4.78, 5) is 22.4. The molecule has 0 bridgehead atoms. The fourth-order valence-corrected chi connectivity index (χ4v) is 1.61. The number of amides is 2. The van der Waals surface area contributed by atoms with E-state index < -0.39 is 24.1 Å². The number of urea groups is 1. The number of rotatable bonds is 6. The summed E-state index contributed by atoms with van der Waals surface area (Å²) in [5.74, 6) is -0.675. The number of hydrogen-bond donors (Lipinski definition) is 4. The number of hydrogen-bond acceptors (Lipinski definition) is 4. The van der Waals surface area contributed by atoms with E-state index in [-0.39, 0.29) is 6.54 Å². The summed E-state index contributed by atoms with van der Waals surface area (Å²) >= 11 is 0. The predicted molar refractivity (Wildman–Crippen MR) is 71.5 cm³/mol. The largest absolute Gasteiger partial charge is 0.496 e. The molecular formula is C13H18N2O5. The Labute approximate surface area is 116 Å². The molecule has 1 rings (SSSR count). The van der Waals surface area contributed by atoms with E-state index in [0.717, 1.165) is 5.56 Å². The van der Waals surface area contributed by atoms with E-state index in [2.05, 4.69) is 10.6 Å². The van der Waals surface area contributed by atoms with E-state index in [1.54, 1.807) is 24.3 Å². The number of para-hydroxylation sites is 1. The van der Waals surface area contributed by atoms with E-state index in [4.69, 9.17) is 9.84 Å². The minimum atomic E-state index is -1.35. The molecule has 0 heterocycles. The first-order valence-corrected chi connectivity index (χ1v) is 6.02. The minimum absolute atomic E-state index is 0.183. The summed E-state index contributed by atoms with van der Waals surface area (Å²) in [6.07, 6.45) is -1.19. The van der Waals surface area contributed by atoms with Crippen LogP contribution in [0.25, 0.3) is 0 Å². The first-order valence-electron chi connectivity index (χ1n) is 6.02. The molecule has 7 nitrogen and oxygen atoms in total. The quantitative estimate of drug-likeness (QED) is 0.601. The Balaban J connectivity index is 2.57. The summed E-state index contributed by atoms with van der Waals surface area (Å²) in [6, 6.07) is 5.11. The molecule has 7 heteroatoms. The van der Waals surface area contributed by atoms with E-state index in [9.17, 15) is 14.7 Å². The molecule has 0 aliphatic heterocycles. The van der Waals surface area contributed by atoms with E-state index in [0.29, 0.717) is 5.75 Å². The SMILES string of the molecule is COc1ccccc1CNC(=O)N[C@H](C(=O)O)[C@@H](C)O. The average molecular weight is 282 g/mol. The molecule has 0 aliphatic carbocycles. The Morgan fingerprint density at radius 3 is 2.55 bits per heavy atom. The maximum Gasteiger partial charge on any atom is 0.328 e. The Hall–Kier alpha value is -2.28. The predicted octanol–water partition coefficient (Wildman–Crippen LogP) is 0.328. The molecule has 0 saturated carbocycles. The van der Waals surface area contributed by atoms with Gasteiger partial charge < -0.3 is 25.6 Å². The third-order valence-electron chi connectivity index (χ3n) is 2.67. The highest BCUT2D eigenvalue weighted by Gasteiger charge is 2.24. The number of nitrogens with one attached hydrogen (secondary N) is 2. The number of aliphatic hydroxyl groups is 1. The van der Waals surface area contributed by atoms with Crippen molar-refractivity contribution in [1.82, 2.24) is 10.6 Å². The number of methoxy groups -OCH3 is 1. The van der Waals surface area contributed by atoms with Crippen LogP contribution in [-0.2, 0) is 11.3 Å². The van der Waals surface area contributed by atoms with E-state index in [1.807, 2.05) is 0 Å². The smallest absolute Gasteiger partial charge is 0.328 e. The summed E-state index contributed by atoms with van der Waals surface area (Å²) in [5.41, 5.74) is 0.758. The van der Waals surface area contributed by atoms with Crippen LogP contribution in [0.2, 0.25) is 0 Å². The molecule has 2 amide bonds. The zero-order valence-electron chi connectivity index (χ0n) is 11.3. The molecule has 0 fully saturated rings. The monoisotopic (exact) mass is 282 g/mol. The van der Waals surface area contributed by atoms with Crippen molar-refractivity contribution < 1.29 is 24.5 Å². The molecule has 0 aromatic heterocycles. The van der Waals surface area contributed by atoms with Crippen molar-refractivity contribution in [2.45, 2.75) is 25.6 Å². The maximum absolute atomic E-state index is 11.6. The maximum atomic E-state index is 11.6.